The maximum absolute atomic E-state index is 12.3. The molecule has 3 amide bonds. The van der Waals surface area contributed by atoms with Crippen LogP contribution in [0.2, 0.25) is 0 Å². The smallest absolute Gasteiger partial charge is 0.325 e. The van der Waals surface area contributed by atoms with E-state index in [0.717, 1.165) is 17.3 Å². The first-order chi connectivity index (χ1) is 11.5. The van der Waals surface area contributed by atoms with Gasteiger partial charge >= 0.3 is 6.03 Å². The van der Waals surface area contributed by atoms with Gasteiger partial charge in [-0.2, -0.15) is 0 Å². The molecule has 0 bridgehead atoms. The van der Waals surface area contributed by atoms with E-state index >= 15 is 0 Å². The number of carbonyl (C=O) groups is 2. The Morgan fingerprint density at radius 3 is 2.79 bits per heavy atom. The van der Waals surface area contributed by atoms with Crippen LogP contribution in [0, 0.1) is 0 Å². The lowest BCUT2D eigenvalue weighted by molar-refractivity contribution is -0.126. The van der Waals surface area contributed by atoms with Crippen molar-refractivity contribution in [1.29, 1.82) is 0 Å². The number of urea groups is 1. The summed E-state index contributed by atoms with van der Waals surface area (Å²) < 4.78 is 0. The minimum Gasteiger partial charge on any atom is -0.332 e. The number of amides is 3. The fraction of sp³-hybridized carbons (Fsp3) is 0.688. The lowest BCUT2D eigenvalue weighted by atomic mass is 10.1. The van der Waals surface area contributed by atoms with Crippen molar-refractivity contribution in [3.63, 3.8) is 0 Å². The molecule has 6 nitrogen and oxygen atoms in total. The van der Waals surface area contributed by atoms with Gasteiger partial charge in [0.1, 0.15) is 0 Å². The zero-order valence-electron chi connectivity index (χ0n) is 14.4. The molecule has 0 saturated carbocycles. The normalized spacial score (nSPS) is 24.2. The molecule has 0 aromatic rings. The van der Waals surface area contributed by atoms with Crippen molar-refractivity contribution in [3.05, 3.63) is 11.1 Å². The standard InChI is InChI=1S/C16H25ClN4O2S/c1-4-5-6-7-10-24-16-18-13-12(21(16)9-8-11(2)17)14(22)19-15(23)20(13)3/h8,12-13H,4-7,9-10H2,1-3H3,(H,19,22,23)/b11-8-. The fourth-order valence-electron chi connectivity index (χ4n) is 2.73. The average Bonchev–Trinajstić information content (AvgIpc) is 2.89. The number of allylic oxidation sites excluding steroid dienone is 1. The zero-order valence-corrected chi connectivity index (χ0v) is 16.0. The number of hydrogen-bond acceptors (Lipinski definition) is 5. The Morgan fingerprint density at radius 1 is 1.38 bits per heavy atom. The Bertz CT molecular complexity index is 548. The van der Waals surface area contributed by atoms with E-state index in [1.54, 1.807) is 25.7 Å². The van der Waals surface area contributed by atoms with Gasteiger partial charge in [0, 0.05) is 24.4 Å². The van der Waals surface area contributed by atoms with E-state index < -0.39 is 18.2 Å². The molecule has 1 N–H and O–H groups in total. The van der Waals surface area contributed by atoms with Crippen LogP contribution in [0.5, 0.6) is 0 Å². The largest absolute Gasteiger partial charge is 0.332 e. The second-order valence-electron chi connectivity index (χ2n) is 6.03. The highest BCUT2D eigenvalue weighted by molar-refractivity contribution is 8.13. The van der Waals surface area contributed by atoms with Crippen molar-refractivity contribution in [1.82, 2.24) is 15.1 Å². The van der Waals surface area contributed by atoms with Crippen LogP contribution in [0.15, 0.2) is 16.1 Å². The Kier molecular flexibility index (Phi) is 6.98. The van der Waals surface area contributed by atoms with Crippen LogP contribution in [-0.2, 0) is 4.79 Å². The molecule has 2 unspecified atom stereocenters. The number of halogens is 1. The van der Waals surface area contributed by atoms with Crippen molar-refractivity contribution in [3.8, 4) is 0 Å². The Balaban J connectivity index is 2.10. The molecule has 2 atom stereocenters. The summed E-state index contributed by atoms with van der Waals surface area (Å²) in [7, 11) is 1.67. The van der Waals surface area contributed by atoms with Gasteiger partial charge in [-0.15, -0.1) is 0 Å². The number of rotatable bonds is 7. The van der Waals surface area contributed by atoms with E-state index in [0.29, 0.717) is 11.6 Å². The van der Waals surface area contributed by atoms with Crippen molar-refractivity contribution >= 4 is 40.5 Å². The average molecular weight is 373 g/mol. The molecule has 2 heterocycles. The molecule has 2 aliphatic rings. The molecule has 2 rings (SSSR count). The van der Waals surface area contributed by atoms with E-state index in [9.17, 15) is 9.59 Å². The highest BCUT2D eigenvalue weighted by atomic mass is 35.5. The molecule has 0 radical (unpaired) electrons. The predicted molar refractivity (Wildman–Crippen MR) is 99.2 cm³/mol. The third kappa shape index (κ3) is 4.45. The van der Waals surface area contributed by atoms with Crippen LogP contribution >= 0.6 is 23.4 Å². The molecular weight excluding hydrogens is 348 g/mol. The first-order valence-electron chi connectivity index (χ1n) is 8.32. The third-order valence-electron chi connectivity index (χ3n) is 4.12. The summed E-state index contributed by atoms with van der Waals surface area (Å²) in [6, 6.07) is -0.888. The summed E-state index contributed by atoms with van der Waals surface area (Å²) >= 11 is 7.60. The SMILES string of the molecule is CCCCCCSC1=NC2C(C(=O)NC(=O)N2C)N1C/C=C(/C)Cl. The summed E-state index contributed by atoms with van der Waals surface area (Å²) in [5.41, 5.74) is 0. The molecule has 0 aromatic heterocycles. The number of nitrogens with zero attached hydrogens (tertiary/aromatic N) is 3. The molecule has 24 heavy (non-hydrogen) atoms. The molecule has 134 valence electrons. The highest BCUT2D eigenvalue weighted by Gasteiger charge is 2.48. The number of fused-ring (bicyclic) bond motifs is 1. The summed E-state index contributed by atoms with van der Waals surface area (Å²) in [5.74, 6) is 0.659. The lowest BCUT2D eigenvalue weighted by Crippen LogP contribution is -2.63. The van der Waals surface area contributed by atoms with Gasteiger partial charge in [-0.25, -0.2) is 9.79 Å². The number of thioether (sulfide) groups is 1. The van der Waals surface area contributed by atoms with Gasteiger partial charge in [-0.05, 0) is 13.3 Å². The molecular formula is C16H25ClN4O2S. The van der Waals surface area contributed by atoms with Gasteiger partial charge in [-0.3, -0.25) is 10.1 Å². The van der Waals surface area contributed by atoms with Crippen molar-refractivity contribution in [2.75, 3.05) is 19.3 Å². The second kappa shape index (κ2) is 8.76. The Labute approximate surface area is 152 Å². The molecule has 1 saturated heterocycles. The molecule has 0 aromatic carbocycles. The molecule has 8 heteroatoms. The van der Waals surface area contributed by atoms with Crippen LogP contribution in [0.4, 0.5) is 4.79 Å². The first kappa shape index (κ1) is 19.1. The summed E-state index contributed by atoms with van der Waals surface area (Å²) in [4.78, 5) is 32.2. The molecule has 0 spiro atoms. The minimum atomic E-state index is -0.488. The van der Waals surface area contributed by atoms with Crippen LogP contribution in [-0.4, -0.2) is 58.5 Å². The van der Waals surface area contributed by atoms with Gasteiger partial charge in [0.05, 0.1) is 0 Å². The van der Waals surface area contributed by atoms with Crippen LogP contribution in [0.25, 0.3) is 0 Å². The topological polar surface area (TPSA) is 65.0 Å². The number of carbonyl (C=O) groups excluding carboxylic acids is 2. The van der Waals surface area contributed by atoms with Crippen LogP contribution < -0.4 is 5.32 Å². The van der Waals surface area contributed by atoms with Gasteiger partial charge in [0.2, 0.25) is 0 Å². The molecule has 2 aliphatic heterocycles. The minimum absolute atomic E-state index is 0.297. The molecule has 1 fully saturated rings. The second-order valence-corrected chi connectivity index (χ2v) is 7.69. The van der Waals surface area contributed by atoms with E-state index in [4.69, 9.17) is 11.6 Å². The lowest BCUT2D eigenvalue weighted by Gasteiger charge is -2.35. The number of amidine groups is 1. The number of hydrogen-bond donors (Lipinski definition) is 1. The van der Waals surface area contributed by atoms with Crippen LogP contribution in [0.3, 0.4) is 0 Å². The van der Waals surface area contributed by atoms with Gasteiger partial charge in [0.25, 0.3) is 5.91 Å². The van der Waals surface area contributed by atoms with Crippen molar-refractivity contribution < 1.29 is 9.59 Å². The summed E-state index contributed by atoms with van der Waals surface area (Å²) in [6.45, 7) is 4.50. The monoisotopic (exact) mass is 372 g/mol. The van der Waals surface area contributed by atoms with Gasteiger partial charge in [0.15, 0.2) is 17.4 Å². The van der Waals surface area contributed by atoms with Gasteiger partial charge < -0.3 is 9.80 Å². The Hall–Kier alpha value is -1.21. The van der Waals surface area contributed by atoms with Gasteiger partial charge in [-0.1, -0.05) is 55.6 Å². The van der Waals surface area contributed by atoms with Crippen molar-refractivity contribution in [2.24, 2.45) is 4.99 Å². The van der Waals surface area contributed by atoms with E-state index in [-0.39, 0.29) is 5.91 Å². The maximum atomic E-state index is 12.3. The summed E-state index contributed by atoms with van der Waals surface area (Å²) in [6.07, 6.45) is 6.15. The van der Waals surface area contributed by atoms with Crippen LogP contribution in [0.1, 0.15) is 39.5 Å². The highest BCUT2D eigenvalue weighted by Crippen LogP contribution is 2.29. The quantitative estimate of drug-likeness (QED) is 0.698. The number of aliphatic imine (C=N–C) groups is 1. The third-order valence-corrected chi connectivity index (χ3v) is 5.37. The van der Waals surface area contributed by atoms with Crippen molar-refractivity contribution in [2.45, 2.75) is 51.7 Å². The first-order valence-corrected chi connectivity index (χ1v) is 9.69. The van der Waals surface area contributed by atoms with E-state index in [2.05, 4.69) is 17.2 Å². The number of imide groups is 1. The predicted octanol–water partition coefficient (Wildman–Crippen LogP) is 2.99. The maximum Gasteiger partial charge on any atom is 0.325 e. The zero-order chi connectivity index (χ0) is 17.7. The van der Waals surface area contributed by atoms with E-state index in [1.165, 1.54) is 24.2 Å². The fourth-order valence-corrected chi connectivity index (χ4v) is 3.87. The van der Waals surface area contributed by atoms with E-state index in [1.807, 2.05) is 11.0 Å². The number of unbranched alkanes of at least 4 members (excludes halogenated alkanes) is 3. The Morgan fingerprint density at radius 2 is 2.12 bits per heavy atom. The number of likely N-dealkylation sites (N-methyl/N-ethyl adjacent to an activating group) is 1. The molecule has 0 aliphatic carbocycles. The number of nitrogens with one attached hydrogen (secondary N) is 1. The summed E-state index contributed by atoms with van der Waals surface area (Å²) in [5, 5.41) is 3.88.